The molecule has 0 saturated carbocycles. The molecule has 88 valence electrons. The van der Waals surface area contributed by atoms with Gasteiger partial charge in [-0.1, -0.05) is 6.07 Å². The van der Waals surface area contributed by atoms with E-state index < -0.39 is 17.8 Å². The summed E-state index contributed by atoms with van der Waals surface area (Å²) in [7, 11) is 0. The summed E-state index contributed by atoms with van der Waals surface area (Å²) >= 11 is 0. The number of nitrogens with zero attached hydrogens (tertiary/aromatic N) is 2. The van der Waals surface area contributed by atoms with E-state index in [-0.39, 0.29) is 13.0 Å². The first-order valence-corrected chi connectivity index (χ1v) is 5.21. The first-order chi connectivity index (χ1) is 8.16. The number of imide groups is 2. The molecule has 17 heavy (non-hydrogen) atoms. The number of urea groups is 1. The molecular formula is C11H11N3O3. The molecule has 2 rings (SSSR count). The molecule has 6 nitrogen and oxygen atoms in total. The number of hydrogen-bond acceptors (Lipinski definition) is 4. The summed E-state index contributed by atoms with van der Waals surface area (Å²) in [5.41, 5.74) is 0.796. The molecule has 0 spiro atoms. The van der Waals surface area contributed by atoms with Crippen LogP contribution in [0.15, 0.2) is 24.4 Å². The number of carbonyl (C=O) groups excluding carboxylic acids is 3. The smallest absolute Gasteiger partial charge is 0.277 e. The van der Waals surface area contributed by atoms with Crippen molar-refractivity contribution >= 4 is 17.8 Å². The van der Waals surface area contributed by atoms with Gasteiger partial charge in [-0.15, -0.1) is 0 Å². The summed E-state index contributed by atoms with van der Waals surface area (Å²) in [6.07, 6.45) is 1.86. The van der Waals surface area contributed by atoms with Crippen molar-refractivity contribution in [2.24, 2.45) is 0 Å². The summed E-state index contributed by atoms with van der Waals surface area (Å²) in [4.78, 5) is 38.9. The van der Waals surface area contributed by atoms with Crippen LogP contribution in [-0.2, 0) is 16.0 Å². The lowest BCUT2D eigenvalue weighted by molar-refractivity contribution is -0.136. The van der Waals surface area contributed by atoms with Crippen LogP contribution in [0.25, 0.3) is 0 Å². The van der Waals surface area contributed by atoms with E-state index in [2.05, 4.69) is 10.3 Å². The van der Waals surface area contributed by atoms with Crippen LogP contribution in [0.4, 0.5) is 4.79 Å². The van der Waals surface area contributed by atoms with Gasteiger partial charge < -0.3 is 0 Å². The minimum absolute atomic E-state index is 0.231. The van der Waals surface area contributed by atoms with Gasteiger partial charge in [0, 0.05) is 24.9 Å². The number of amides is 4. The average molecular weight is 233 g/mol. The summed E-state index contributed by atoms with van der Waals surface area (Å²) < 4.78 is 0. The van der Waals surface area contributed by atoms with Crippen LogP contribution in [0.2, 0.25) is 0 Å². The quantitative estimate of drug-likeness (QED) is 0.750. The number of rotatable bonds is 3. The van der Waals surface area contributed by atoms with Gasteiger partial charge in [-0.25, -0.2) is 4.79 Å². The molecule has 1 N–H and O–H groups in total. The molecule has 1 aromatic rings. The summed E-state index contributed by atoms with van der Waals surface area (Å²) in [5.74, 6) is -1.01. The number of aromatic nitrogens is 1. The minimum Gasteiger partial charge on any atom is -0.277 e. The molecule has 1 fully saturated rings. The second-order valence-corrected chi connectivity index (χ2v) is 3.65. The second kappa shape index (κ2) is 4.73. The van der Waals surface area contributed by atoms with Gasteiger partial charge in [-0.05, 0) is 12.1 Å². The number of pyridine rings is 1. The van der Waals surface area contributed by atoms with Gasteiger partial charge in [0.05, 0.1) is 0 Å². The topological polar surface area (TPSA) is 79.4 Å². The maximum atomic E-state index is 11.5. The highest BCUT2D eigenvalue weighted by atomic mass is 16.2. The zero-order valence-corrected chi connectivity index (χ0v) is 9.05. The van der Waals surface area contributed by atoms with Crippen molar-refractivity contribution in [1.29, 1.82) is 0 Å². The fraction of sp³-hybridized carbons (Fsp3) is 0.273. The van der Waals surface area contributed by atoms with Crippen LogP contribution in [0, 0.1) is 0 Å². The van der Waals surface area contributed by atoms with E-state index in [9.17, 15) is 14.4 Å². The van der Waals surface area contributed by atoms with Crippen LogP contribution >= 0.6 is 0 Å². The van der Waals surface area contributed by atoms with Crippen molar-refractivity contribution in [3.63, 3.8) is 0 Å². The molecule has 1 aliphatic heterocycles. The van der Waals surface area contributed by atoms with Crippen LogP contribution in [-0.4, -0.2) is 34.3 Å². The van der Waals surface area contributed by atoms with Crippen molar-refractivity contribution in [3.05, 3.63) is 30.1 Å². The third kappa shape index (κ3) is 2.66. The zero-order chi connectivity index (χ0) is 12.3. The molecule has 0 aromatic carbocycles. The molecule has 0 atom stereocenters. The highest BCUT2D eigenvalue weighted by Gasteiger charge is 2.30. The summed E-state index contributed by atoms with van der Waals surface area (Å²) in [6.45, 7) is 0.231. The standard InChI is InChI=1S/C11H11N3O3/c15-9-7-10(16)14(11(17)13-9)6-4-8-3-1-2-5-12-8/h1-3,5H,4,6-7H2,(H,13,15,17). The lowest BCUT2D eigenvalue weighted by Crippen LogP contribution is -2.53. The van der Waals surface area contributed by atoms with Gasteiger partial charge in [0.15, 0.2) is 0 Å². The van der Waals surface area contributed by atoms with Crippen molar-refractivity contribution < 1.29 is 14.4 Å². The third-order valence-electron chi connectivity index (χ3n) is 2.42. The fourth-order valence-electron chi connectivity index (χ4n) is 1.58. The molecular weight excluding hydrogens is 222 g/mol. The first-order valence-electron chi connectivity index (χ1n) is 5.21. The monoisotopic (exact) mass is 233 g/mol. The zero-order valence-electron chi connectivity index (χ0n) is 9.05. The molecule has 2 heterocycles. The van der Waals surface area contributed by atoms with Crippen molar-refractivity contribution in [3.8, 4) is 0 Å². The maximum absolute atomic E-state index is 11.5. The van der Waals surface area contributed by atoms with Crippen LogP contribution in [0.5, 0.6) is 0 Å². The van der Waals surface area contributed by atoms with Gasteiger partial charge in [-0.2, -0.15) is 0 Å². The van der Waals surface area contributed by atoms with Crippen LogP contribution in [0.1, 0.15) is 12.1 Å². The van der Waals surface area contributed by atoms with E-state index in [0.29, 0.717) is 6.42 Å². The van der Waals surface area contributed by atoms with Gasteiger partial charge in [0.25, 0.3) is 0 Å². The second-order valence-electron chi connectivity index (χ2n) is 3.65. The Morgan fingerprint density at radius 2 is 2.12 bits per heavy atom. The maximum Gasteiger partial charge on any atom is 0.330 e. The third-order valence-corrected chi connectivity index (χ3v) is 2.42. The lowest BCUT2D eigenvalue weighted by Gasteiger charge is -2.24. The van der Waals surface area contributed by atoms with Crippen molar-refractivity contribution in [2.75, 3.05) is 6.54 Å². The Morgan fingerprint density at radius 1 is 1.29 bits per heavy atom. The summed E-state index contributed by atoms with van der Waals surface area (Å²) in [6, 6.07) is 4.80. The van der Waals surface area contributed by atoms with E-state index >= 15 is 0 Å². The number of hydrogen-bond donors (Lipinski definition) is 1. The molecule has 4 amide bonds. The highest BCUT2D eigenvalue weighted by molar-refractivity contribution is 6.14. The molecule has 1 aliphatic rings. The van der Waals surface area contributed by atoms with Crippen molar-refractivity contribution in [1.82, 2.24) is 15.2 Å². The minimum atomic E-state index is -0.651. The fourth-order valence-corrected chi connectivity index (χ4v) is 1.58. The predicted molar refractivity (Wildman–Crippen MR) is 57.8 cm³/mol. The molecule has 1 aromatic heterocycles. The SMILES string of the molecule is O=C1CC(=O)N(CCc2ccccn2)C(=O)N1. The Hall–Kier alpha value is -2.24. The largest absolute Gasteiger partial charge is 0.330 e. The van der Waals surface area contributed by atoms with Gasteiger partial charge in [0.2, 0.25) is 11.8 Å². The highest BCUT2D eigenvalue weighted by Crippen LogP contribution is 2.04. The molecule has 1 saturated heterocycles. The van der Waals surface area contributed by atoms with E-state index in [0.717, 1.165) is 10.6 Å². The van der Waals surface area contributed by atoms with Gasteiger partial charge >= 0.3 is 6.03 Å². The average Bonchev–Trinajstić information content (AvgIpc) is 2.29. The Labute approximate surface area is 97.6 Å². The number of nitrogens with one attached hydrogen (secondary N) is 1. The van der Waals surface area contributed by atoms with E-state index in [4.69, 9.17) is 0 Å². The number of carbonyl (C=O) groups is 3. The van der Waals surface area contributed by atoms with Crippen LogP contribution in [0.3, 0.4) is 0 Å². The molecule has 6 heteroatoms. The summed E-state index contributed by atoms with van der Waals surface area (Å²) in [5, 5.41) is 2.10. The van der Waals surface area contributed by atoms with E-state index in [1.807, 2.05) is 12.1 Å². The van der Waals surface area contributed by atoms with E-state index in [1.54, 1.807) is 12.3 Å². The van der Waals surface area contributed by atoms with E-state index in [1.165, 1.54) is 0 Å². The Morgan fingerprint density at radius 3 is 2.76 bits per heavy atom. The molecule has 0 unspecified atom stereocenters. The molecule has 0 aliphatic carbocycles. The Bertz CT molecular complexity index is 438. The Balaban J connectivity index is 1.97. The van der Waals surface area contributed by atoms with Gasteiger partial charge in [0.1, 0.15) is 6.42 Å². The Kier molecular flexibility index (Phi) is 3.13. The lowest BCUT2D eigenvalue weighted by atomic mass is 10.2. The predicted octanol–water partition coefficient (Wildman–Crippen LogP) is 0.0926. The molecule has 0 bridgehead atoms. The van der Waals surface area contributed by atoms with Crippen molar-refractivity contribution in [2.45, 2.75) is 12.8 Å². The van der Waals surface area contributed by atoms with Gasteiger partial charge in [-0.3, -0.25) is 24.8 Å². The van der Waals surface area contributed by atoms with Crippen LogP contribution < -0.4 is 5.32 Å². The number of barbiturate groups is 1. The molecule has 0 radical (unpaired) electrons. The first kappa shape index (κ1) is 11.3. The normalized spacial score (nSPS) is 16.0.